The molecule has 0 amide bonds. The minimum atomic E-state index is -4.03. The number of Topliss-reactive ketones (excluding diaryl/α,β-unsaturated/α-hetero) is 1. The Hall–Kier alpha value is -1.20. The van der Waals surface area contributed by atoms with E-state index in [9.17, 15) is 13.2 Å². The number of ketones is 1. The van der Waals surface area contributed by atoms with Crippen molar-refractivity contribution in [2.24, 2.45) is 0 Å². The highest BCUT2D eigenvalue weighted by Gasteiger charge is 2.09. The quantitative estimate of drug-likeness (QED) is 0.765. The van der Waals surface area contributed by atoms with Crippen molar-refractivity contribution in [2.45, 2.75) is 12.8 Å². The predicted molar refractivity (Wildman–Crippen MR) is 56.2 cm³/mol. The van der Waals surface area contributed by atoms with Crippen LogP contribution in [-0.2, 0) is 21.3 Å². The molecule has 0 radical (unpaired) electrons. The van der Waals surface area contributed by atoms with Crippen LogP contribution in [0.25, 0.3) is 0 Å². The van der Waals surface area contributed by atoms with Crippen molar-refractivity contribution < 1.29 is 17.8 Å². The van der Waals surface area contributed by atoms with E-state index in [1.165, 1.54) is 0 Å². The summed E-state index contributed by atoms with van der Waals surface area (Å²) in [7, 11) is -4.03. The van der Waals surface area contributed by atoms with Crippen LogP contribution in [0.4, 0.5) is 0 Å². The van der Waals surface area contributed by atoms with Crippen LogP contribution in [0.15, 0.2) is 30.3 Å². The molecule has 1 rings (SSSR count). The van der Waals surface area contributed by atoms with Crippen LogP contribution in [0.5, 0.6) is 0 Å². The van der Waals surface area contributed by atoms with Crippen LogP contribution < -0.4 is 0 Å². The van der Waals surface area contributed by atoms with Crippen molar-refractivity contribution >= 4 is 15.9 Å². The average Bonchev–Trinajstić information content (AvgIpc) is 2.15. The van der Waals surface area contributed by atoms with E-state index in [1.807, 2.05) is 18.2 Å². The average molecular weight is 228 g/mol. The van der Waals surface area contributed by atoms with E-state index in [1.54, 1.807) is 12.1 Å². The maximum Gasteiger partial charge on any atom is 0.265 e. The van der Waals surface area contributed by atoms with Gasteiger partial charge < -0.3 is 0 Å². The number of hydrogen-bond acceptors (Lipinski definition) is 3. The number of rotatable bonds is 5. The second kappa shape index (κ2) is 5.04. The summed E-state index contributed by atoms with van der Waals surface area (Å²) in [6.45, 7) is 0. The first-order chi connectivity index (χ1) is 6.97. The topological polar surface area (TPSA) is 71.4 Å². The van der Waals surface area contributed by atoms with Crippen molar-refractivity contribution in [3.8, 4) is 0 Å². The summed E-state index contributed by atoms with van der Waals surface area (Å²) in [5.74, 6) is -0.697. The minimum Gasteiger partial charge on any atom is -0.299 e. The van der Waals surface area contributed by atoms with E-state index in [0.29, 0.717) is 0 Å². The second-order valence-corrected chi connectivity index (χ2v) is 4.81. The van der Waals surface area contributed by atoms with E-state index >= 15 is 0 Å². The van der Waals surface area contributed by atoms with Crippen molar-refractivity contribution in [1.82, 2.24) is 0 Å². The number of benzene rings is 1. The van der Waals surface area contributed by atoms with Gasteiger partial charge in [0.25, 0.3) is 10.1 Å². The van der Waals surface area contributed by atoms with Gasteiger partial charge in [-0.2, -0.15) is 8.42 Å². The summed E-state index contributed by atoms with van der Waals surface area (Å²) in [5, 5.41) is 0. The third-order valence-corrected chi connectivity index (χ3v) is 2.60. The molecule has 1 aromatic carbocycles. The highest BCUT2D eigenvalue weighted by molar-refractivity contribution is 7.85. The monoisotopic (exact) mass is 228 g/mol. The maximum atomic E-state index is 11.3. The molecular weight excluding hydrogens is 216 g/mol. The normalized spacial score (nSPS) is 11.3. The van der Waals surface area contributed by atoms with Gasteiger partial charge in [0.05, 0.1) is 5.75 Å². The standard InChI is InChI=1S/C10H12O4S/c11-10(6-7-15(12,13)14)8-9-4-2-1-3-5-9/h1-5H,6-8H2,(H,12,13,14). The molecule has 1 aromatic rings. The van der Waals surface area contributed by atoms with Gasteiger partial charge in [0.1, 0.15) is 5.78 Å². The van der Waals surface area contributed by atoms with Gasteiger partial charge in [0.2, 0.25) is 0 Å². The molecule has 0 saturated heterocycles. The molecule has 0 aliphatic carbocycles. The third-order valence-electron chi connectivity index (χ3n) is 1.88. The lowest BCUT2D eigenvalue weighted by atomic mass is 10.1. The number of hydrogen-bond donors (Lipinski definition) is 1. The van der Waals surface area contributed by atoms with Crippen molar-refractivity contribution in [1.29, 1.82) is 0 Å². The lowest BCUT2D eigenvalue weighted by Gasteiger charge is -1.99. The summed E-state index contributed by atoms with van der Waals surface area (Å²) in [6.07, 6.45) is 0.0596. The zero-order valence-corrected chi connectivity index (χ0v) is 8.90. The Labute approximate surface area is 88.7 Å². The van der Waals surface area contributed by atoms with Crippen LogP contribution in [0, 0.1) is 0 Å². The molecule has 0 aliphatic rings. The van der Waals surface area contributed by atoms with E-state index in [0.717, 1.165) is 5.56 Å². The molecule has 15 heavy (non-hydrogen) atoms. The molecule has 5 heteroatoms. The van der Waals surface area contributed by atoms with E-state index in [-0.39, 0.29) is 18.6 Å². The van der Waals surface area contributed by atoms with Gasteiger partial charge in [0.15, 0.2) is 0 Å². The molecule has 0 spiro atoms. The van der Waals surface area contributed by atoms with Crippen molar-refractivity contribution in [3.63, 3.8) is 0 Å². The van der Waals surface area contributed by atoms with Crippen LogP contribution in [0.2, 0.25) is 0 Å². The van der Waals surface area contributed by atoms with Crippen molar-refractivity contribution in [3.05, 3.63) is 35.9 Å². The van der Waals surface area contributed by atoms with Gasteiger partial charge in [-0.3, -0.25) is 9.35 Å². The zero-order chi connectivity index (χ0) is 11.3. The first-order valence-electron chi connectivity index (χ1n) is 4.48. The van der Waals surface area contributed by atoms with E-state index in [4.69, 9.17) is 4.55 Å². The van der Waals surface area contributed by atoms with Crippen LogP contribution >= 0.6 is 0 Å². The van der Waals surface area contributed by atoms with Crippen LogP contribution in [0.1, 0.15) is 12.0 Å². The fraction of sp³-hybridized carbons (Fsp3) is 0.300. The summed E-state index contributed by atoms with van der Waals surface area (Å²) >= 11 is 0. The second-order valence-electron chi connectivity index (χ2n) is 3.24. The molecule has 0 bridgehead atoms. The predicted octanol–water partition coefficient (Wildman–Crippen LogP) is 1.08. The van der Waals surface area contributed by atoms with Crippen molar-refractivity contribution in [2.75, 3.05) is 5.75 Å². The Bertz CT molecular complexity index is 422. The highest BCUT2D eigenvalue weighted by Crippen LogP contribution is 2.02. The Morgan fingerprint density at radius 1 is 1.20 bits per heavy atom. The van der Waals surface area contributed by atoms with Gasteiger partial charge in [0, 0.05) is 12.8 Å². The van der Waals surface area contributed by atoms with Crippen LogP contribution in [-0.4, -0.2) is 24.5 Å². The summed E-state index contributed by atoms with van der Waals surface area (Å²) in [6, 6.07) is 9.06. The highest BCUT2D eigenvalue weighted by atomic mass is 32.2. The molecular formula is C10H12O4S. The Morgan fingerprint density at radius 2 is 1.80 bits per heavy atom. The molecule has 0 aliphatic heterocycles. The molecule has 0 heterocycles. The molecule has 0 saturated carbocycles. The Kier molecular flexibility index (Phi) is 3.99. The Morgan fingerprint density at radius 3 is 2.33 bits per heavy atom. The largest absolute Gasteiger partial charge is 0.299 e. The molecule has 1 N–H and O–H groups in total. The van der Waals surface area contributed by atoms with Gasteiger partial charge in [-0.05, 0) is 5.56 Å². The SMILES string of the molecule is O=C(CCS(=O)(=O)O)Cc1ccccc1. The van der Waals surface area contributed by atoms with E-state index < -0.39 is 15.9 Å². The van der Waals surface area contributed by atoms with Gasteiger partial charge >= 0.3 is 0 Å². The summed E-state index contributed by atoms with van der Waals surface area (Å²) in [4.78, 5) is 11.3. The molecule has 0 fully saturated rings. The first-order valence-corrected chi connectivity index (χ1v) is 6.09. The third kappa shape index (κ3) is 5.29. The lowest BCUT2D eigenvalue weighted by molar-refractivity contribution is -0.118. The van der Waals surface area contributed by atoms with Gasteiger partial charge in [-0.1, -0.05) is 30.3 Å². The molecule has 0 atom stereocenters. The Balaban J connectivity index is 2.44. The number of carbonyl (C=O) groups excluding carboxylic acids is 1. The zero-order valence-electron chi connectivity index (χ0n) is 8.09. The molecule has 0 unspecified atom stereocenters. The summed E-state index contributed by atoms with van der Waals surface area (Å²) in [5.41, 5.74) is 0.845. The molecule has 0 aromatic heterocycles. The minimum absolute atomic E-state index is 0.145. The van der Waals surface area contributed by atoms with Gasteiger partial charge in [-0.15, -0.1) is 0 Å². The summed E-state index contributed by atoms with van der Waals surface area (Å²) < 4.78 is 29.2. The smallest absolute Gasteiger partial charge is 0.265 e. The molecule has 4 nitrogen and oxygen atoms in total. The number of carbonyl (C=O) groups is 1. The fourth-order valence-electron chi connectivity index (χ4n) is 1.15. The molecule has 82 valence electrons. The maximum absolute atomic E-state index is 11.3. The van der Waals surface area contributed by atoms with Crippen LogP contribution in [0.3, 0.4) is 0 Å². The first kappa shape index (κ1) is 11.9. The van der Waals surface area contributed by atoms with Gasteiger partial charge in [-0.25, -0.2) is 0 Å². The lowest BCUT2D eigenvalue weighted by Crippen LogP contribution is -2.11. The fourth-order valence-corrected chi connectivity index (χ4v) is 1.64. The van der Waals surface area contributed by atoms with E-state index in [2.05, 4.69) is 0 Å².